The summed E-state index contributed by atoms with van der Waals surface area (Å²) in [6.45, 7) is 8.31. The fourth-order valence-electron chi connectivity index (χ4n) is 1.97. The van der Waals surface area contributed by atoms with Crippen LogP contribution in [0.1, 0.15) is 19.4 Å². The number of carbonyl (C=O) groups is 2. The zero-order valence-corrected chi connectivity index (χ0v) is 13.3. The van der Waals surface area contributed by atoms with E-state index in [-0.39, 0.29) is 16.3 Å². The van der Waals surface area contributed by atoms with Gasteiger partial charge in [-0.3, -0.25) is 4.79 Å². The van der Waals surface area contributed by atoms with Crippen LogP contribution in [-0.4, -0.2) is 11.9 Å². The third-order valence-electron chi connectivity index (χ3n) is 2.96. The summed E-state index contributed by atoms with van der Waals surface area (Å²) in [7, 11) is 0. The van der Waals surface area contributed by atoms with Crippen molar-refractivity contribution in [2.75, 3.05) is 0 Å². The second-order valence-electron chi connectivity index (χ2n) is 5.00. The lowest BCUT2D eigenvalue weighted by Gasteiger charge is -2.13. The first-order chi connectivity index (χ1) is 10.3. The van der Waals surface area contributed by atoms with E-state index in [1.165, 1.54) is 13.0 Å². The molecule has 0 amide bonds. The highest BCUT2D eigenvalue weighted by Gasteiger charge is 2.17. The van der Waals surface area contributed by atoms with Crippen molar-refractivity contribution in [3.8, 4) is 11.5 Å². The largest absolute Gasteiger partial charge is 0.426 e. The number of esters is 2. The molecule has 0 aliphatic carbocycles. The molecule has 114 valence electrons. The number of aryl methyl sites for hydroxylation is 1. The molecular formula is C17H15ClO4. The van der Waals surface area contributed by atoms with Gasteiger partial charge in [0, 0.05) is 29.3 Å². The monoisotopic (exact) mass is 318 g/mol. The normalized spacial score (nSPS) is 10.4. The molecule has 0 aromatic heterocycles. The van der Waals surface area contributed by atoms with Crippen LogP contribution >= 0.6 is 11.6 Å². The zero-order valence-electron chi connectivity index (χ0n) is 12.5. The third kappa shape index (κ3) is 3.28. The van der Waals surface area contributed by atoms with Crippen molar-refractivity contribution < 1.29 is 19.1 Å². The molecule has 0 N–H and O–H groups in total. The van der Waals surface area contributed by atoms with Crippen LogP contribution in [0.4, 0.5) is 0 Å². The second kappa shape index (κ2) is 6.20. The van der Waals surface area contributed by atoms with Crippen LogP contribution in [0, 0.1) is 6.92 Å². The maximum absolute atomic E-state index is 11.8. The van der Waals surface area contributed by atoms with E-state index in [4.69, 9.17) is 21.1 Å². The van der Waals surface area contributed by atoms with E-state index >= 15 is 0 Å². The quantitative estimate of drug-likeness (QED) is 0.483. The van der Waals surface area contributed by atoms with Crippen molar-refractivity contribution >= 4 is 34.3 Å². The van der Waals surface area contributed by atoms with Gasteiger partial charge in [-0.2, -0.15) is 0 Å². The number of rotatable bonds is 3. The zero-order chi connectivity index (χ0) is 16.4. The van der Waals surface area contributed by atoms with Crippen LogP contribution in [0.3, 0.4) is 0 Å². The minimum absolute atomic E-state index is 0.183. The molecule has 2 aromatic carbocycles. The van der Waals surface area contributed by atoms with Crippen molar-refractivity contribution in [3.05, 3.63) is 47.0 Å². The Labute approximate surface area is 133 Å². The standard InChI is InChI=1S/C17H15ClO4/c1-9(2)17(20)22-16-12-6-5-10(3)7-13(12)15(8-14(16)18)21-11(4)19/h5-8H,1H2,2-4H3. The van der Waals surface area contributed by atoms with Crippen molar-refractivity contribution in [2.45, 2.75) is 20.8 Å². The molecule has 5 heteroatoms. The Bertz CT molecular complexity index is 793. The van der Waals surface area contributed by atoms with Crippen molar-refractivity contribution in [3.63, 3.8) is 0 Å². The van der Waals surface area contributed by atoms with Crippen molar-refractivity contribution in [2.24, 2.45) is 0 Å². The van der Waals surface area contributed by atoms with Gasteiger partial charge in [-0.15, -0.1) is 0 Å². The fraction of sp³-hybridized carbons (Fsp3) is 0.176. The molecular weight excluding hydrogens is 304 g/mol. The van der Waals surface area contributed by atoms with E-state index in [1.54, 1.807) is 13.0 Å². The van der Waals surface area contributed by atoms with Crippen molar-refractivity contribution in [1.29, 1.82) is 0 Å². The molecule has 0 bridgehead atoms. The number of fused-ring (bicyclic) bond motifs is 1. The van der Waals surface area contributed by atoms with Gasteiger partial charge in [0.1, 0.15) is 5.75 Å². The fourth-order valence-corrected chi connectivity index (χ4v) is 2.21. The van der Waals surface area contributed by atoms with Gasteiger partial charge in [0.2, 0.25) is 0 Å². The summed E-state index contributed by atoms with van der Waals surface area (Å²) in [5.74, 6) is -0.471. The first kappa shape index (κ1) is 16.0. The van der Waals surface area contributed by atoms with Crippen LogP contribution < -0.4 is 9.47 Å². The summed E-state index contributed by atoms with van der Waals surface area (Å²) in [6.07, 6.45) is 0. The van der Waals surface area contributed by atoms with Gasteiger partial charge in [0.25, 0.3) is 0 Å². The lowest BCUT2D eigenvalue weighted by Crippen LogP contribution is -2.09. The van der Waals surface area contributed by atoms with Gasteiger partial charge in [-0.05, 0) is 19.9 Å². The Kier molecular flexibility index (Phi) is 4.52. The maximum Gasteiger partial charge on any atom is 0.338 e. The summed E-state index contributed by atoms with van der Waals surface area (Å²) in [5, 5.41) is 1.41. The molecule has 4 nitrogen and oxygen atoms in total. The van der Waals surface area contributed by atoms with Gasteiger partial charge < -0.3 is 9.47 Å². The number of hydrogen-bond acceptors (Lipinski definition) is 4. The first-order valence-corrected chi connectivity index (χ1v) is 6.96. The Morgan fingerprint density at radius 1 is 1.09 bits per heavy atom. The summed E-state index contributed by atoms with van der Waals surface area (Å²) in [5.41, 5.74) is 1.24. The predicted molar refractivity (Wildman–Crippen MR) is 85.5 cm³/mol. The average molecular weight is 319 g/mol. The topological polar surface area (TPSA) is 52.6 Å². The lowest BCUT2D eigenvalue weighted by molar-refractivity contribution is -0.132. The van der Waals surface area contributed by atoms with E-state index in [0.717, 1.165) is 5.56 Å². The van der Waals surface area contributed by atoms with Gasteiger partial charge in [-0.25, -0.2) is 4.79 Å². The predicted octanol–water partition coefficient (Wildman–Crippen LogP) is 4.21. The molecule has 0 saturated heterocycles. The van der Waals surface area contributed by atoms with Crippen LogP contribution in [-0.2, 0) is 9.59 Å². The Morgan fingerprint density at radius 3 is 2.36 bits per heavy atom. The highest BCUT2D eigenvalue weighted by molar-refractivity contribution is 6.34. The van der Waals surface area contributed by atoms with Gasteiger partial charge in [-0.1, -0.05) is 35.9 Å². The number of halogens is 1. The van der Waals surface area contributed by atoms with E-state index < -0.39 is 11.9 Å². The summed E-state index contributed by atoms with van der Waals surface area (Å²) >= 11 is 6.18. The molecule has 0 saturated carbocycles. The van der Waals surface area contributed by atoms with Crippen LogP contribution in [0.2, 0.25) is 5.02 Å². The van der Waals surface area contributed by atoms with Crippen LogP contribution in [0.25, 0.3) is 10.8 Å². The van der Waals surface area contributed by atoms with Crippen LogP contribution in [0.15, 0.2) is 36.4 Å². The second-order valence-corrected chi connectivity index (χ2v) is 5.41. The van der Waals surface area contributed by atoms with Crippen molar-refractivity contribution in [1.82, 2.24) is 0 Å². The van der Waals surface area contributed by atoms with Gasteiger partial charge >= 0.3 is 11.9 Å². The number of benzene rings is 2. The molecule has 0 fully saturated rings. The molecule has 0 heterocycles. The van der Waals surface area contributed by atoms with E-state index in [9.17, 15) is 9.59 Å². The molecule has 22 heavy (non-hydrogen) atoms. The summed E-state index contributed by atoms with van der Waals surface area (Å²) in [6, 6.07) is 6.92. The van der Waals surface area contributed by atoms with Crippen LogP contribution in [0.5, 0.6) is 11.5 Å². The minimum atomic E-state index is -0.566. The minimum Gasteiger partial charge on any atom is -0.426 e. The Morgan fingerprint density at radius 2 is 1.77 bits per heavy atom. The number of hydrogen-bond donors (Lipinski definition) is 0. The average Bonchev–Trinajstić information content (AvgIpc) is 2.42. The van der Waals surface area contributed by atoms with E-state index in [2.05, 4.69) is 6.58 Å². The lowest BCUT2D eigenvalue weighted by atomic mass is 10.1. The van der Waals surface area contributed by atoms with Gasteiger partial charge in [0.15, 0.2) is 5.75 Å². The Balaban J connectivity index is 2.68. The molecule has 0 spiro atoms. The first-order valence-electron chi connectivity index (χ1n) is 6.58. The molecule has 0 aliphatic rings. The molecule has 0 atom stereocenters. The number of carbonyl (C=O) groups excluding carboxylic acids is 2. The molecule has 0 aliphatic heterocycles. The third-order valence-corrected chi connectivity index (χ3v) is 3.24. The highest BCUT2D eigenvalue weighted by atomic mass is 35.5. The maximum atomic E-state index is 11.8. The molecule has 2 rings (SSSR count). The highest BCUT2D eigenvalue weighted by Crippen LogP contribution is 2.40. The SMILES string of the molecule is C=C(C)C(=O)Oc1c(Cl)cc(OC(C)=O)c2cc(C)ccc12. The Hall–Kier alpha value is -2.33. The molecule has 2 aromatic rings. The van der Waals surface area contributed by atoms with Gasteiger partial charge in [0.05, 0.1) is 5.02 Å². The number of ether oxygens (including phenoxy) is 2. The molecule has 0 radical (unpaired) electrons. The smallest absolute Gasteiger partial charge is 0.338 e. The van der Waals surface area contributed by atoms with E-state index in [1.807, 2.05) is 19.1 Å². The summed E-state index contributed by atoms with van der Waals surface area (Å²) < 4.78 is 10.5. The van der Waals surface area contributed by atoms with E-state index in [0.29, 0.717) is 16.5 Å². The molecule has 0 unspecified atom stereocenters. The summed E-state index contributed by atoms with van der Waals surface area (Å²) in [4.78, 5) is 23.0.